The van der Waals surface area contributed by atoms with E-state index in [1.165, 1.54) is 5.56 Å². The van der Waals surface area contributed by atoms with Crippen LogP contribution >= 0.6 is 0 Å². The Morgan fingerprint density at radius 2 is 1.67 bits per heavy atom. The van der Waals surface area contributed by atoms with Crippen LogP contribution in [0.2, 0.25) is 0 Å². The van der Waals surface area contributed by atoms with Gasteiger partial charge in [-0.15, -0.1) is 0 Å². The summed E-state index contributed by atoms with van der Waals surface area (Å²) >= 11 is 0. The minimum absolute atomic E-state index is 0.0188. The molecule has 0 spiro atoms. The summed E-state index contributed by atoms with van der Waals surface area (Å²) in [6, 6.07) is 8.18. The van der Waals surface area contributed by atoms with E-state index < -0.39 is 11.0 Å². The Balaban J connectivity index is 2.78. The normalized spacial score (nSPS) is 12.6. The molecule has 1 aromatic carbocycles. The Bertz CT molecular complexity index is 487. The third-order valence-electron chi connectivity index (χ3n) is 4.22. The van der Waals surface area contributed by atoms with Gasteiger partial charge in [0.15, 0.2) is 0 Å². The summed E-state index contributed by atoms with van der Waals surface area (Å²) in [5, 5.41) is 3.02. The zero-order valence-electron chi connectivity index (χ0n) is 14.2. The predicted molar refractivity (Wildman–Crippen MR) is 87.7 cm³/mol. The highest BCUT2D eigenvalue weighted by atomic mass is 16.2. The third kappa shape index (κ3) is 4.55. The van der Waals surface area contributed by atoms with E-state index in [9.17, 15) is 4.79 Å². The van der Waals surface area contributed by atoms with E-state index in [1.807, 2.05) is 53.9 Å². The first kappa shape index (κ1) is 17.7. The van der Waals surface area contributed by atoms with Gasteiger partial charge in [-0.2, -0.15) is 0 Å². The number of rotatable bonds is 6. The summed E-state index contributed by atoms with van der Waals surface area (Å²) in [5.74, 6) is -0.0188. The monoisotopic (exact) mass is 291 g/mol. The van der Waals surface area contributed by atoms with Crippen LogP contribution in [0.3, 0.4) is 0 Å². The van der Waals surface area contributed by atoms with Crippen molar-refractivity contribution in [2.24, 2.45) is 11.1 Å². The number of hydrogen-bond donors (Lipinski definition) is 2. The van der Waals surface area contributed by atoms with Crippen molar-refractivity contribution in [1.82, 2.24) is 10.2 Å². The van der Waals surface area contributed by atoms with Crippen LogP contribution in [0.25, 0.3) is 0 Å². The highest BCUT2D eigenvalue weighted by Gasteiger charge is 2.40. The van der Waals surface area contributed by atoms with Crippen LogP contribution < -0.4 is 11.1 Å². The number of benzene rings is 1. The first-order valence-corrected chi connectivity index (χ1v) is 7.34. The Kier molecular flexibility index (Phi) is 5.54. The fourth-order valence-corrected chi connectivity index (χ4v) is 1.91. The molecule has 0 aromatic heterocycles. The molecule has 0 aliphatic rings. The van der Waals surface area contributed by atoms with Gasteiger partial charge in [-0.3, -0.25) is 4.79 Å². The molecule has 118 valence electrons. The molecule has 0 bridgehead atoms. The van der Waals surface area contributed by atoms with E-state index >= 15 is 0 Å². The molecule has 1 aromatic rings. The second-order valence-corrected chi connectivity index (χ2v) is 7.04. The Morgan fingerprint density at radius 3 is 2.14 bits per heavy atom. The van der Waals surface area contributed by atoms with Gasteiger partial charge in [-0.05, 0) is 52.9 Å². The lowest BCUT2D eigenvalue weighted by atomic mass is 9.74. The first-order chi connectivity index (χ1) is 9.55. The van der Waals surface area contributed by atoms with Crippen molar-refractivity contribution in [3.05, 3.63) is 35.4 Å². The molecule has 4 heteroatoms. The Morgan fingerprint density at radius 1 is 1.14 bits per heavy atom. The van der Waals surface area contributed by atoms with E-state index in [0.29, 0.717) is 6.54 Å². The summed E-state index contributed by atoms with van der Waals surface area (Å²) in [4.78, 5) is 14.5. The number of nitrogens with one attached hydrogen (secondary N) is 1. The van der Waals surface area contributed by atoms with Crippen LogP contribution in [0.1, 0.15) is 38.8 Å². The van der Waals surface area contributed by atoms with Crippen molar-refractivity contribution in [1.29, 1.82) is 0 Å². The number of carbonyl (C=O) groups excluding carboxylic acids is 1. The molecule has 1 amide bonds. The van der Waals surface area contributed by atoms with Crippen LogP contribution in [0, 0.1) is 5.41 Å². The lowest BCUT2D eigenvalue weighted by molar-refractivity contribution is -0.132. The van der Waals surface area contributed by atoms with Crippen LogP contribution in [-0.4, -0.2) is 30.4 Å². The molecule has 0 fully saturated rings. The average Bonchev–Trinajstić information content (AvgIpc) is 2.35. The summed E-state index contributed by atoms with van der Waals surface area (Å²) in [6.45, 7) is 8.92. The van der Waals surface area contributed by atoms with Crippen LogP contribution in [0.4, 0.5) is 0 Å². The predicted octanol–water partition coefficient (Wildman–Crippen LogP) is 2.13. The van der Waals surface area contributed by atoms with Crippen LogP contribution in [-0.2, 0) is 17.9 Å². The molecular formula is C17H29N3O. The largest absolute Gasteiger partial charge is 0.351 e. The SMILES string of the molecule is CN(C)Cc1ccccc1CNC(=O)C(C)(C)C(C)(C)N. The number of amides is 1. The fraction of sp³-hybridized carbons (Fsp3) is 0.588. The van der Waals surface area contributed by atoms with Crippen molar-refractivity contribution in [3.8, 4) is 0 Å². The molecule has 1 rings (SSSR count). The molecule has 0 aliphatic carbocycles. The van der Waals surface area contributed by atoms with Crippen molar-refractivity contribution >= 4 is 5.91 Å². The maximum atomic E-state index is 12.4. The summed E-state index contributed by atoms with van der Waals surface area (Å²) in [6.07, 6.45) is 0. The number of nitrogens with zero attached hydrogens (tertiary/aromatic N) is 1. The van der Waals surface area contributed by atoms with Crippen LogP contribution in [0.5, 0.6) is 0 Å². The minimum atomic E-state index is -0.622. The lowest BCUT2D eigenvalue weighted by Crippen LogP contribution is -2.55. The molecule has 3 N–H and O–H groups in total. The van der Waals surface area contributed by atoms with Gasteiger partial charge in [-0.1, -0.05) is 24.3 Å². The quantitative estimate of drug-likeness (QED) is 0.844. The first-order valence-electron chi connectivity index (χ1n) is 7.34. The van der Waals surface area contributed by atoms with Gasteiger partial charge in [0.2, 0.25) is 5.91 Å². The van der Waals surface area contributed by atoms with E-state index in [4.69, 9.17) is 5.73 Å². The zero-order chi connectivity index (χ0) is 16.3. The maximum absolute atomic E-state index is 12.4. The van der Waals surface area contributed by atoms with E-state index in [-0.39, 0.29) is 5.91 Å². The number of nitrogens with two attached hydrogens (primary N) is 1. The molecule has 0 aliphatic heterocycles. The van der Waals surface area contributed by atoms with Crippen molar-refractivity contribution in [2.45, 2.75) is 46.3 Å². The third-order valence-corrected chi connectivity index (χ3v) is 4.22. The molecule has 0 atom stereocenters. The Hall–Kier alpha value is -1.39. The minimum Gasteiger partial charge on any atom is -0.351 e. The van der Waals surface area contributed by atoms with Gasteiger partial charge in [0.05, 0.1) is 5.41 Å². The molecule has 0 radical (unpaired) electrons. The van der Waals surface area contributed by atoms with Gasteiger partial charge in [-0.25, -0.2) is 0 Å². The highest BCUT2D eigenvalue weighted by molar-refractivity contribution is 5.83. The molecular weight excluding hydrogens is 262 g/mol. The standard InChI is InChI=1S/C17H29N3O/c1-16(2,17(3,4)18)15(21)19-11-13-9-7-8-10-14(13)12-20(5)6/h7-10H,11-12,18H2,1-6H3,(H,19,21). The lowest BCUT2D eigenvalue weighted by Gasteiger charge is -2.37. The molecule has 0 saturated heterocycles. The van der Waals surface area contributed by atoms with Crippen molar-refractivity contribution in [2.75, 3.05) is 14.1 Å². The average molecular weight is 291 g/mol. The fourth-order valence-electron chi connectivity index (χ4n) is 1.91. The summed E-state index contributed by atoms with van der Waals surface area (Å²) in [5.41, 5.74) is 7.29. The second kappa shape index (κ2) is 6.58. The zero-order valence-corrected chi connectivity index (χ0v) is 14.2. The smallest absolute Gasteiger partial charge is 0.227 e. The number of hydrogen-bond acceptors (Lipinski definition) is 3. The van der Waals surface area contributed by atoms with Gasteiger partial charge in [0.25, 0.3) is 0 Å². The molecule has 0 saturated carbocycles. The maximum Gasteiger partial charge on any atom is 0.227 e. The van der Waals surface area contributed by atoms with Crippen LogP contribution in [0.15, 0.2) is 24.3 Å². The van der Waals surface area contributed by atoms with Crippen molar-refractivity contribution < 1.29 is 4.79 Å². The summed E-state index contributed by atoms with van der Waals surface area (Å²) in [7, 11) is 4.07. The van der Waals surface area contributed by atoms with Gasteiger partial charge < -0.3 is 16.0 Å². The molecule has 21 heavy (non-hydrogen) atoms. The molecule has 0 unspecified atom stereocenters. The molecule has 0 heterocycles. The van der Waals surface area contributed by atoms with Gasteiger partial charge >= 0.3 is 0 Å². The van der Waals surface area contributed by atoms with Gasteiger partial charge in [0, 0.05) is 18.6 Å². The van der Waals surface area contributed by atoms with Gasteiger partial charge in [0.1, 0.15) is 0 Å². The topological polar surface area (TPSA) is 58.4 Å². The van der Waals surface area contributed by atoms with E-state index in [2.05, 4.69) is 22.3 Å². The highest BCUT2D eigenvalue weighted by Crippen LogP contribution is 2.28. The number of carbonyl (C=O) groups is 1. The Labute approximate surface area is 128 Å². The molecule has 4 nitrogen and oxygen atoms in total. The summed E-state index contributed by atoms with van der Waals surface area (Å²) < 4.78 is 0. The van der Waals surface area contributed by atoms with Crippen molar-refractivity contribution in [3.63, 3.8) is 0 Å². The second-order valence-electron chi connectivity index (χ2n) is 7.04. The van der Waals surface area contributed by atoms with E-state index in [1.54, 1.807) is 0 Å². The van der Waals surface area contributed by atoms with E-state index in [0.717, 1.165) is 12.1 Å².